The van der Waals surface area contributed by atoms with Gasteiger partial charge in [-0.25, -0.2) is 0 Å². The van der Waals surface area contributed by atoms with Crippen molar-refractivity contribution >= 4 is 28.8 Å². The molecule has 0 bridgehead atoms. The van der Waals surface area contributed by atoms with E-state index < -0.39 is 0 Å². The van der Waals surface area contributed by atoms with E-state index in [4.69, 9.17) is 23.7 Å². The Morgan fingerprint density at radius 3 is 2.78 bits per heavy atom. The Morgan fingerprint density at radius 1 is 1.44 bits per heavy atom. The molecule has 2 heterocycles. The third-order valence-electron chi connectivity index (χ3n) is 3.19. The lowest BCUT2D eigenvalue weighted by Crippen LogP contribution is -2.41. The Kier molecular flexibility index (Phi) is 3.76. The van der Waals surface area contributed by atoms with Gasteiger partial charge in [0.2, 0.25) is 5.91 Å². The number of nitrogens with two attached hydrogens (primary N) is 2. The summed E-state index contributed by atoms with van der Waals surface area (Å²) in [6.45, 7) is 1.57. The molecular formula is C12H16N4OS. The number of hydrogen-bond acceptors (Lipinski definition) is 4. The molecule has 0 radical (unpaired) electrons. The van der Waals surface area contributed by atoms with E-state index in [1.165, 1.54) is 0 Å². The van der Waals surface area contributed by atoms with Gasteiger partial charge in [0.15, 0.2) is 0 Å². The van der Waals surface area contributed by atoms with Gasteiger partial charge < -0.3 is 16.4 Å². The fourth-order valence-electron chi connectivity index (χ4n) is 2.16. The van der Waals surface area contributed by atoms with Crippen LogP contribution in [0.1, 0.15) is 18.5 Å². The van der Waals surface area contributed by atoms with Crippen LogP contribution in [0.25, 0.3) is 0 Å². The number of carbonyl (C=O) groups excluding carboxylic acids is 1. The van der Waals surface area contributed by atoms with Gasteiger partial charge in [-0.15, -0.1) is 0 Å². The van der Waals surface area contributed by atoms with E-state index in [1.54, 1.807) is 12.3 Å². The van der Waals surface area contributed by atoms with Crippen LogP contribution in [0.3, 0.4) is 0 Å². The molecule has 1 saturated heterocycles. The van der Waals surface area contributed by atoms with Crippen LogP contribution in [-0.4, -0.2) is 29.0 Å². The highest BCUT2D eigenvalue weighted by Crippen LogP contribution is 2.22. The summed E-state index contributed by atoms with van der Waals surface area (Å²) >= 11 is 4.86. The molecule has 6 heteroatoms. The van der Waals surface area contributed by atoms with Crippen molar-refractivity contribution in [2.45, 2.75) is 12.8 Å². The van der Waals surface area contributed by atoms with Gasteiger partial charge in [-0.2, -0.15) is 0 Å². The Hall–Kier alpha value is -1.69. The molecule has 1 unspecified atom stereocenters. The van der Waals surface area contributed by atoms with Gasteiger partial charge in [0.1, 0.15) is 4.99 Å². The monoisotopic (exact) mass is 264 g/mol. The Bertz CT molecular complexity index is 460. The van der Waals surface area contributed by atoms with Crippen LogP contribution in [0.5, 0.6) is 0 Å². The smallest absolute Gasteiger partial charge is 0.222 e. The lowest BCUT2D eigenvalue weighted by Gasteiger charge is -2.32. The normalized spacial score (nSPS) is 19.6. The molecule has 1 aliphatic heterocycles. The van der Waals surface area contributed by atoms with Crippen LogP contribution < -0.4 is 16.4 Å². The minimum Gasteiger partial charge on any atom is -0.388 e. The minimum absolute atomic E-state index is 0.0750. The van der Waals surface area contributed by atoms with Crippen LogP contribution in [0.4, 0.5) is 5.69 Å². The van der Waals surface area contributed by atoms with Crippen molar-refractivity contribution in [2.24, 2.45) is 17.4 Å². The summed E-state index contributed by atoms with van der Waals surface area (Å²) in [5.41, 5.74) is 12.4. The highest BCUT2D eigenvalue weighted by molar-refractivity contribution is 7.80. The predicted octanol–water partition coefficient (Wildman–Crippen LogP) is 0.417. The molecular weight excluding hydrogens is 248 g/mol. The third-order valence-corrected chi connectivity index (χ3v) is 3.40. The number of nitrogens with zero attached hydrogens (tertiary/aromatic N) is 2. The Balaban J connectivity index is 2.11. The van der Waals surface area contributed by atoms with Gasteiger partial charge in [0.25, 0.3) is 0 Å². The first-order chi connectivity index (χ1) is 8.58. The van der Waals surface area contributed by atoms with Crippen molar-refractivity contribution in [1.29, 1.82) is 0 Å². The summed E-state index contributed by atoms with van der Waals surface area (Å²) in [7, 11) is 0. The van der Waals surface area contributed by atoms with Crippen LogP contribution in [0.2, 0.25) is 0 Å². The van der Waals surface area contributed by atoms with E-state index in [-0.39, 0.29) is 16.8 Å². The van der Waals surface area contributed by atoms with Gasteiger partial charge in [-0.3, -0.25) is 9.78 Å². The van der Waals surface area contributed by atoms with Crippen molar-refractivity contribution in [3.05, 3.63) is 24.0 Å². The molecule has 0 spiro atoms. The lowest BCUT2D eigenvalue weighted by atomic mass is 9.97. The average molecular weight is 264 g/mol. The maximum Gasteiger partial charge on any atom is 0.222 e. The largest absolute Gasteiger partial charge is 0.388 e. The zero-order valence-electron chi connectivity index (χ0n) is 10.0. The van der Waals surface area contributed by atoms with Crippen molar-refractivity contribution in [3.8, 4) is 0 Å². The number of piperidine rings is 1. The van der Waals surface area contributed by atoms with E-state index in [9.17, 15) is 4.79 Å². The summed E-state index contributed by atoms with van der Waals surface area (Å²) in [5, 5.41) is 0. The number of hydrogen-bond donors (Lipinski definition) is 2. The van der Waals surface area contributed by atoms with E-state index in [2.05, 4.69) is 9.88 Å². The fraction of sp³-hybridized carbons (Fsp3) is 0.417. The second kappa shape index (κ2) is 5.30. The molecule has 4 N–H and O–H groups in total. The number of anilines is 1. The van der Waals surface area contributed by atoms with Crippen molar-refractivity contribution in [2.75, 3.05) is 18.0 Å². The zero-order valence-corrected chi connectivity index (χ0v) is 10.8. The SMILES string of the molecule is NC(=O)C1CCCN(c2ccc(C(N)=S)nc2)C1. The first kappa shape index (κ1) is 12.8. The van der Waals surface area contributed by atoms with E-state index in [0.717, 1.165) is 25.1 Å². The molecule has 1 aliphatic rings. The van der Waals surface area contributed by atoms with Gasteiger partial charge in [0, 0.05) is 13.1 Å². The van der Waals surface area contributed by atoms with Crippen molar-refractivity contribution in [1.82, 2.24) is 4.98 Å². The third kappa shape index (κ3) is 2.76. The Labute approximate surface area is 111 Å². The van der Waals surface area contributed by atoms with Crippen LogP contribution in [0, 0.1) is 5.92 Å². The summed E-state index contributed by atoms with van der Waals surface area (Å²) in [6, 6.07) is 3.72. The van der Waals surface area contributed by atoms with Crippen LogP contribution >= 0.6 is 12.2 Å². The zero-order chi connectivity index (χ0) is 13.1. The number of thiocarbonyl (C=S) groups is 1. The van der Waals surface area contributed by atoms with E-state index in [0.29, 0.717) is 12.2 Å². The predicted molar refractivity (Wildman–Crippen MR) is 74.3 cm³/mol. The number of carbonyl (C=O) groups is 1. The molecule has 1 aromatic rings. The second-order valence-electron chi connectivity index (χ2n) is 4.45. The maximum atomic E-state index is 11.2. The first-order valence-corrected chi connectivity index (χ1v) is 6.29. The molecule has 18 heavy (non-hydrogen) atoms. The topological polar surface area (TPSA) is 85.2 Å². The molecule has 96 valence electrons. The number of rotatable bonds is 3. The number of aromatic nitrogens is 1. The highest BCUT2D eigenvalue weighted by Gasteiger charge is 2.24. The van der Waals surface area contributed by atoms with Gasteiger partial charge in [0.05, 0.1) is 23.5 Å². The minimum atomic E-state index is -0.229. The van der Waals surface area contributed by atoms with Crippen LogP contribution in [-0.2, 0) is 4.79 Å². The molecule has 1 atom stereocenters. The van der Waals surface area contributed by atoms with E-state index in [1.807, 2.05) is 6.07 Å². The summed E-state index contributed by atoms with van der Waals surface area (Å²) in [5.74, 6) is -0.304. The standard InChI is InChI=1S/C12H16N4OS/c13-11(17)8-2-1-5-16(7-8)9-3-4-10(12(14)18)15-6-9/h3-4,6,8H,1-2,5,7H2,(H2,13,17)(H2,14,18). The number of pyridine rings is 1. The Morgan fingerprint density at radius 2 is 2.22 bits per heavy atom. The van der Waals surface area contributed by atoms with E-state index >= 15 is 0 Å². The second-order valence-corrected chi connectivity index (χ2v) is 4.89. The van der Waals surface area contributed by atoms with Gasteiger partial charge >= 0.3 is 0 Å². The lowest BCUT2D eigenvalue weighted by molar-refractivity contribution is -0.122. The molecule has 1 amide bonds. The summed E-state index contributed by atoms with van der Waals surface area (Å²) in [6.07, 6.45) is 3.56. The summed E-state index contributed by atoms with van der Waals surface area (Å²) < 4.78 is 0. The summed E-state index contributed by atoms with van der Waals surface area (Å²) in [4.78, 5) is 17.8. The number of primary amides is 1. The average Bonchev–Trinajstić information content (AvgIpc) is 2.39. The van der Waals surface area contributed by atoms with Gasteiger partial charge in [-0.05, 0) is 25.0 Å². The molecule has 1 fully saturated rings. The number of amides is 1. The van der Waals surface area contributed by atoms with Crippen molar-refractivity contribution in [3.63, 3.8) is 0 Å². The molecule has 0 aliphatic carbocycles. The maximum absolute atomic E-state index is 11.2. The first-order valence-electron chi connectivity index (χ1n) is 5.88. The molecule has 5 nitrogen and oxygen atoms in total. The molecule has 0 saturated carbocycles. The molecule has 2 rings (SSSR count). The van der Waals surface area contributed by atoms with Crippen molar-refractivity contribution < 1.29 is 4.79 Å². The molecule has 0 aromatic carbocycles. The quantitative estimate of drug-likeness (QED) is 0.773. The van der Waals surface area contributed by atoms with Gasteiger partial charge in [-0.1, -0.05) is 12.2 Å². The highest BCUT2D eigenvalue weighted by atomic mass is 32.1. The fourth-order valence-corrected chi connectivity index (χ4v) is 2.28. The van der Waals surface area contributed by atoms with Crippen LogP contribution in [0.15, 0.2) is 18.3 Å². The molecule has 1 aromatic heterocycles.